The molecule has 0 spiro atoms. The molecule has 0 saturated carbocycles. The molecule has 0 aromatic carbocycles. The summed E-state index contributed by atoms with van der Waals surface area (Å²) in [7, 11) is 3.99. The highest BCUT2D eigenvalue weighted by molar-refractivity contribution is 5.49. The largest absolute Gasteiger partial charge is 0.396 e. The number of anilines is 2. The van der Waals surface area contributed by atoms with Gasteiger partial charge in [0.15, 0.2) is 0 Å². The summed E-state index contributed by atoms with van der Waals surface area (Å²) in [5.41, 5.74) is 1.06. The van der Waals surface area contributed by atoms with Gasteiger partial charge in [0.05, 0.1) is 6.10 Å². The Bertz CT molecular complexity index is 575. The number of aromatic nitrogens is 2. The average Bonchev–Trinajstić information content (AvgIpc) is 3.00. The molecule has 1 aromatic rings. The van der Waals surface area contributed by atoms with Crippen molar-refractivity contribution >= 4 is 11.8 Å². The maximum atomic E-state index is 9.83. The lowest BCUT2D eigenvalue weighted by Crippen LogP contribution is -2.40. The number of rotatable bonds is 5. The SMILES string of the molecule is Cc1cnc(N2C[C@@H](CN3CCC(O)CC3)[C@@H](CO)C2)nc1N(C)C. The summed E-state index contributed by atoms with van der Waals surface area (Å²) in [5.74, 6) is 2.36. The van der Waals surface area contributed by atoms with Crippen molar-refractivity contribution in [2.24, 2.45) is 11.8 Å². The van der Waals surface area contributed by atoms with Crippen molar-refractivity contribution in [2.75, 3.05) is 63.2 Å². The Morgan fingerprint density at radius 3 is 2.52 bits per heavy atom. The average molecular weight is 349 g/mol. The molecule has 0 bridgehead atoms. The third-order valence-corrected chi connectivity index (χ3v) is 5.50. The number of piperidine rings is 1. The van der Waals surface area contributed by atoms with Crippen LogP contribution in [0.1, 0.15) is 18.4 Å². The van der Waals surface area contributed by atoms with Crippen molar-refractivity contribution in [1.29, 1.82) is 0 Å². The highest BCUT2D eigenvalue weighted by Crippen LogP contribution is 2.29. The fourth-order valence-electron chi connectivity index (χ4n) is 3.98. The van der Waals surface area contributed by atoms with E-state index in [9.17, 15) is 10.2 Å². The Morgan fingerprint density at radius 2 is 1.88 bits per heavy atom. The minimum absolute atomic E-state index is 0.143. The molecule has 2 fully saturated rings. The van der Waals surface area contributed by atoms with Crippen LogP contribution < -0.4 is 9.80 Å². The fraction of sp³-hybridized carbons (Fsp3) is 0.778. The van der Waals surface area contributed by atoms with Crippen LogP contribution in [0.4, 0.5) is 11.8 Å². The Morgan fingerprint density at radius 1 is 1.20 bits per heavy atom. The summed E-state index contributed by atoms with van der Waals surface area (Å²) in [6.07, 6.45) is 3.45. The van der Waals surface area contributed by atoms with Crippen molar-refractivity contribution in [3.8, 4) is 0 Å². The van der Waals surface area contributed by atoms with Crippen LogP contribution in [0.5, 0.6) is 0 Å². The number of hydrogen-bond donors (Lipinski definition) is 2. The van der Waals surface area contributed by atoms with Gasteiger partial charge in [-0.25, -0.2) is 4.98 Å². The molecule has 0 unspecified atom stereocenters. The predicted octanol–water partition coefficient (Wildman–Crippen LogP) is 0.352. The highest BCUT2D eigenvalue weighted by Gasteiger charge is 2.35. The lowest BCUT2D eigenvalue weighted by atomic mass is 9.95. The quantitative estimate of drug-likeness (QED) is 0.794. The Labute approximate surface area is 150 Å². The zero-order valence-corrected chi connectivity index (χ0v) is 15.6. The Balaban J connectivity index is 1.67. The molecule has 25 heavy (non-hydrogen) atoms. The first-order valence-corrected chi connectivity index (χ1v) is 9.25. The van der Waals surface area contributed by atoms with Gasteiger partial charge in [0.1, 0.15) is 5.82 Å². The molecule has 2 N–H and O–H groups in total. The van der Waals surface area contributed by atoms with Crippen molar-refractivity contribution in [3.05, 3.63) is 11.8 Å². The van der Waals surface area contributed by atoms with Crippen LogP contribution >= 0.6 is 0 Å². The number of aliphatic hydroxyl groups excluding tert-OH is 2. The summed E-state index contributed by atoms with van der Waals surface area (Å²) >= 11 is 0. The fourth-order valence-corrected chi connectivity index (χ4v) is 3.98. The molecule has 3 rings (SSSR count). The van der Waals surface area contributed by atoms with E-state index in [1.54, 1.807) is 0 Å². The van der Waals surface area contributed by atoms with Gasteiger partial charge in [-0.2, -0.15) is 4.98 Å². The smallest absolute Gasteiger partial charge is 0.227 e. The molecule has 0 radical (unpaired) electrons. The summed E-state index contributed by atoms with van der Waals surface area (Å²) < 4.78 is 0. The standard InChI is InChI=1S/C18H31N5O2/c1-13-8-19-18(20-17(13)21(2)3)23-10-14(15(11-23)12-24)9-22-6-4-16(25)5-7-22/h8,14-16,24-25H,4-7,9-12H2,1-3H3/t14-,15-/m1/s1. The molecule has 2 aliphatic rings. The van der Waals surface area contributed by atoms with E-state index >= 15 is 0 Å². The van der Waals surface area contributed by atoms with Crippen LogP contribution in [-0.4, -0.2) is 84.6 Å². The van der Waals surface area contributed by atoms with Crippen molar-refractivity contribution in [1.82, 2.24) is 14.9 Å². The number of hydrogen-bond acceptors (Lipinski definition) is 7. The second-order valence-corrected chi connectivity index (χ2v) is 7.71. The van der Waals surface area contributed by atoms with Crippen LogP contribution in [0.25, 0.3) is 0 Å². The van der Waals surface area contributed by atoms with Gasteiger partial charge in [-0.1, -0.05) is 0 Å². The normalized spacial score (nSPS) is 25.6. The van der Waals surface area contributed by atoms with Crippen LogP contribution in [0.2, 0.25) is 0 Å². The summed E-state index contributed by atoms with van der Waals surface area (Å²) in [6.45, 7) is 6.76. The molecule has 7 nitrogen and oxygen atoms in total. The monoisotopic (exact) mass is 349 g/mol. The van der Waals surface area contributed by atoms with E-state index in [0.29, 0.717) is 5.92 Å². The number of aliphatic hydroxyl groups is 2. The maximum absolute atomic E-state index is 9.83. The lowest BCUT2D eigenvalue weighted by molar-refractivity contribution is 0.0687. The number of nitrogens with zero attached hydrogens (tertiary/aromatic N) is 5. The molecule has 0 amide bonds. The van der Waals surface area contributed by atoms with E-state index < -0.39 is 0 Å². The van der Waals surface area contributed by atoms with E-state index in [1.165, 1.54) is 0 Å². The Kier molecular flexibility index (Phi) is 5.76. The third-order valence-electron chi connectivity index (χ3n) is 5.50. The molecule has 3 heterocycles. The molecule has 7 heteroatoms. The predicted molar refractivity (Wildman–Crippen MR) is 99.1 cm³/mol. The van der Waals surface area contributed by atoms with Crippen molar-refractivity contribution in [2.45, 2.75) is 25.9 Å². The number of aryl methyl sites for hydroxylation is 1. The second-order valence-electron chi connectivity index (χ2n) is 7.71. The van der Waals surface area contributed by atoms with Crippen LogP contribution in [-0.2, 0) is 0 Å². The maximum Gasteiger partial charge on any atom is 0.227 e. The van der Waals surface area contributed by atoms with Gasteiger partial charge in [-0.05, 0) is 25.7 Å². The molecule has 2 saturated heterocycles. The van der Waals surface area contributed by atoms with E-state index in [0.717, 1.165) is 62.9 Å². The van der Waals surface area contributed by atoms with Gasteiger partial charge >= 0.3 is 0 Å². The van der Waals surface area contributed by atoms with Gasteiger partial charge in [-0.3, -0.25) is 0 Å². The highest BCUT2D eigenvalue weighted by atomic mass is 16.3. The zero-order valence-electron chi connectivity index (χ0n) is 15.6. The first kappa shape index (κ1) is 18.4. The van der Waals surface area contributed by atoms with Crippen molar-refractivity contribution < 1.29 is 10.2 Å². The third kappa shape index (κ3) is 4.22. The topological polar surface area (TPSA) is 76.0 Å². The van der Waals surface area contributed by atoms with Crippen LogP contribution in [0.3, 0.4) is 0 Å². The first-order valence-electron chi connectivity index (χ1n) is 9.25. The molecule has 2 atom stereocenters. The summed E-state index contributed by atoms with van der Waals surface area (Å²) in [4.78, 5) is 15.9. The zero-order chi connectivity index (χ0) is 18.0. The van der Waals surface area contributed by atoms with Gasteiger partial charge in [0.2, 0.25) is 5.95 Å². The van der Waals surface area contributed by atoms with Gasteiger partial charge in [-0.15, -0.1) is 0 Å². The summed E-state index contributed by atoms with van der Waals surface area (Å²) in [6, 6.07) is 0. The van der Waals surface area contributed by atoms with Crippen molar-refractivity contribution in [3.63, 3.8) is 0 Å². The molecule has 1 aromatic heterocycles. The molecule has 140 valence electrons. The van der Waals surface area contributed by atoms with Gasteiger partial charge in [0, 0.05) is 71.1 Å². The number of likely N-dealkylation sites (tertiary alicyclic amines) is 1. The van der Waals surface area contributed by atoms with E-state index in [2.05, 4.69) is 14.8 Å². The molecular formula is C18H31N5O2. The molecular weight excluding hydrogens is 318 g/mol. The minimum Gasteiger partial charge on any atom is -0.396 e. The van der Waals surface area contributed by atoms with Crippen LogP contribution in [0.15, 0.2) is 6.20 Å². The van der Waals surface area contributed by atoms with Crippen LogP contribution in [0, 0.1) is 18.8 Å². The van der Waals surface area contributed by atoms with Gasteiger partial charge in [0.25, 0.3) is 0 Å². The van der Waals surface area contributed by atoms with E-state index in [1.807, 2.05) is 32.1 Å². The summed E-state index contributed by atoms with van der Waals surface area (Å²) in [5, 5.41) is 19.5. The minimum atomic E-state index is -0.143. The van der Waals surface area contributed by atoms with E-state index in [4.69, 9.17) is 4.98 Å². The Hall–Kier alpha value is -1.44. The second kappa shape index (κ2) is 7.85. The molecule has 0 aliphatic carbocycles. The first-order chi connectivity index (χ1) is 12.0. The van der Waals surface area contributed by atoms with Gasteiger partial charge < -0.3 is 24.9 Å². The lowest BCUT2D eigenvalue weighted by Gasteiger charge is -2.32. The molecule has 2 aliphatic heterocycles. The van der Waals surface area contributed by atoms with E-state index in [-0.39, 0.29) is 18.6 Å².